The molecule has 6 nitrogen and oxygen atoms in total. The topological polar surface area (TPSA) is 88.0 Å². The third-order valence-corrected chi connectivity index (χ3v) is 4.14. The lowest BCUT2D eigenvalue weighted by Crippen LogP contribution is -2.18. The summed E-state index contributed by atoms with van der Waals surface area (Å²) in [6.45, 7) is 2.55. The monoisotopic (exact) mass is 334 g/mol. The van der Waals surface area contributed by atoms with Gasteiger partial charge in [-0.05, 0) is 30.7 Å². The molecule has 0 fully saturated rings. The van der Waals surface area contributed by atoms with Gasteiger partial charge >= 0.3 is 0 Å². The molecule has 2 rings (SSSR count). The Morgan fingerprint density at radius 2 is 1.96 bits per heavy atom. The summed E-state index contributed by atoms with van der Waals surface area (Å²) in [6, 6.07) is 12.6. The number of aromatic hydroxyl groups is 1. The van der Waals surface area contributed by atoms with Crippen LogP contribution in [0.4, 0.5) is 0 Å². The molecule has 0 radical (unpaired) electrons. The zero-order valence-corrected chi connectivity index (χ0v) is 13.5. The first-order valence-electron chi connectivity index (χ1n) is 7.08. The lowest BCUT2D eigenvalue weighted by molar-refractivity contribution is 0.315. The van der Waals surface area contributed by atoms with Crippen LogP contribution in [-0.2, 0) is 10.0 Å². The maximum Gasteiger partial charge on any atom is 0.276 e. The largest absolute Gasteiger partial charge is 0.507 e. The zero-order chi connectivity index (χ0) is 16.7. The second-order valence-electron chi connectivity index (χ2n) is 4.74. The molecule has 7 heteroatoms. The van der Waals surface area contributed by atoms with Crippen LogP contribution in [0.15, 0.2) is 58.5 Å². The van der Waals surface area contributed by atoms with Gasteiger partial charge in [0.2, 0.25) is 0 Å². The van der Waals surface area contributed by atoms with Crippen LogP contribution in [0.25, 0.3) is 0 Å². The van der Waals surface area contributed by atoms with E-state index < -0.39 is 10.0 Å². The van der Waals surface area contributed by atoms with E-state index in [-0.39, 0.29) is 10.6 Å². The molecule has 2 aromatic carbocycles. The van der Waals surface area contributed by atoms with Gasteiger partial charge in [0.05, 0.1) is 17.7 Å². The Hall–Kier alpha value is -2.54. The maximum atomic E-state index is 12.0. The summed E-state index contributed by atoms with van der Waals surface area (Å²) in [6.07, 6.45) is 2.10. The smallest absolute Gasteiger partial charge is 0.276 e. The van der Waals surface area contributed by atoms with Gasteiger partial charge in [-0.15, -0.1) is 0 Å². The lowest BCUT2D eigenvalue weighted by atomic mass is 10.2. The van der Waals surface area contributed by atoms with Crippen molar-refractivity contribution in [3.05, 3.63) is 54.1 Å². The molecule has 0 spiro atoms. The van der Waals surface area contributed by atoms with Crippen LogP contribution in [0, 0.1) is 0 Å². The quantitative estimate of drug-likeness (QED) is 0.601. The minimum absolute atomic E-state index is 0.0405. The molecular formula is C16H18N2O4S. The minimum Gasteiger partial charge on any atom is -0.507 e. The van der Waals surface area contributed by atoms with Crippen molar-refractivity contribution in [2.45, 2.75) is 18.2 Å². The van der Waals surface area contributed by atoms with Crippen molar-refractivity contribution in [3.63, 3.8) is 0 Å². The number of benzene rings is 2. The Bertz CT molecular complexity index is 774. The lowest BCUT2D eigenvalue weighted by Gasteiger charge is -2.06. The molecule has 0 unspecified atom stereocenters. The number of rotatable bonds is 7. The van der Waals surface area contributed by atoms with E-state index in [1.807, 2.05) is 6.92 Å². The molecule has 23 heavy (non-hydrogen) atoms. The van der Waals surface area contributed by atoms with Crippen molar-refractivity contribution in [1.29, 1.82) is 0 Å². The SMILES string of the molecule is CCCOc1ccc(C=NNS(=O)(=O)c2ccccc2)c(O)c1. The highest BCUT2D eigenvalue weighted by molar-refractivity contribution is 7.89. The van der Waals surface area contributed by atoms with E-state index in [0.29, 0.717) is 17.9 Å². The summed E-state index contributed by atoms with van der Waals surface area (Å²) >= 11 is 0. The first-order chi connectivity index (χ1) is 11.0. The summed E-state index contributed by atoms with van der Waals surface area (Å²) in [4.78, 5) is 2.21. The van der Waals surface area contributed by atoms with Crippen LogP contribution >= 0.6 is 0 Å². The van der Waals surface area contributed by atoms with Gasteiger partial charge < -0.3 is 9.84 Å². The summed E-state index contributed by atoms with van der Waals surface area (Å²) in [7, 11) is -3.72. The molecule has 0 heterocycles. The van der Waals surface area contributed by atoms with Gasteiger partial charge in [0, 0.05) is 11.6 Å². The molecule has 122 valence electrons. The van der Waals surface area contributed by atoms with Crippen LogP contribution in [0.3, 0.4) is 0 Å². The molecule has 0 aliphatic rings. The fourth-order valence-corrected chi connectivity index (χ4v) is 2.57. The molecule has 2 N–H and O–H groups in total. The fourth-order valence-electron chi connectivity index (χ4n) is 1.76. The Morgan fingerprint density at radius 1 is 1.22 bits per heavy atom. The van der Waals surface area contributed by atoms with E-state index in [2.05, 4.69) is 9.93 Å². The summed E-state index contributed by atoms with van der Waals surface area (Å²) < 4.78 is 29.3. The fraction of sp³-hybridized carbons (Fsp3) is 0.188. The molecule has 0 amide bonds. The van der Waals surface area contributed by atoms with Gasteiger partial charge in [-0.25, -0.2) is 4.83 Å². The van der Waals surface area contributed by atoms with Gasteiger partial charge in [-0.3, -0.25) is 0 Å². The number of hydrogen-bond acceptors (Lipinski definition) is 5. The molecule has 0 saturated carbocycles. The van der Waals surface area contributed by atoms with Gasteiger partial charge in [0.25, 0.3) is 10.0 Å². The Morgan fingerprint density at radius 3 is 2.61 bits per heavy atom. The number of phenols is 1. The molecule has 0 bridgehead atoms. The third kappa shape index (κ3) is 4.72. The summed E-state index contributed by atoms with van der Waals surface area (Å²) in [5.74, 6) is 0.507. The van der Waals surface area contributed by atoms with Crippen molar-refractivity contribution in [2.75, 3.05) is 6.61 Å². The van der Waals surface area contributed by atoms with Crippen molar-refractivity contribution >= 4 is 16.2 Å². The number of phenolic OH excluding ortho intramolecular Hbond substituents is 1. The number of nitrogens with one attached hydrogen (secondary N) is 1. The highest BCUT2D eigenvalue weighted by atomic mass is 32.2. The second kappa shape index (κ2) is 7.64. The third-order valence-electron chi connectivity index (χ3n) is 2.90. The molecular weight excluding hydrogens is 316 g/mol. The van der Waals surface area contributed by atoms with Crippen molar-refractivity contribution in [1.82, 2.24) is 4.83 Å². The number of hydrazone groups is 1. The molecule has 0 atom stereocenters. The summed E-state index contributed by atoms with van der Waals surface area (Å²) in [5, 5.41) is 13.6. The second-order valence-corrected chi connectivity index (χ2v) is 6.40. The molecule has 0 saturated heterocycles. The van der Waals surface area contributed by atoms with E-state index in [1.54, 1.807) is 30.3 Å². The minimum atomic E-state index is -3.72. The van der Waals surface area contributed by atoms with Crippen LogP contribution in [-0.4, -0.2) is 26.3 Å². The number of sulfonamides is 1. The molecule has 0 aromatic heterocycles. The average molecular weight is 334 g/mol. The predicted octanol–water partition coefficient (Wildman–Crippen LogP) is 2.49. The van der Waals surface area contributed by atoms with E-state index >= 15 is 0 Å². The Labute approximate surface area is 135 Å². The number of nitrogens with zero attached hydrogens (tertiary/aromatic N) is 1. The normalized spacial score (nSPS) is 11.5. The van der Waals surface area contributed by atoms with Crippen molar-refractivity contribution in [3.8, 4) is 11.5 Å². The molecule has 0 aliphatic heterocycles. The van der Waals surface area contributed by atoms with Gasteiger partial charge in [0.15, 0.2) is 0 Å². The highest BCUT2D eigenvalue weighted by Gasteiger charge is 2.11. The zero-order valence-electron chi connectivity index (χ0n) is 12.6. The van der Waals surface area contributed by atoms with E-state index in [4.69, 9.17) is 4.74 Å². The molecule has 0 aliphatic carbocycles. The predicted molar refractivity (Wildman–Crippen MR) is 88.3 cm³/mol. The summed E-state index contributed by atoms with van der Waals surface area (Å²) in [5.41, 5.74) is 0.379. The first-order valence-corrected chi connectivity index (χ1v) is 8.57. The average Bonchev–Trinajstić information content (AvgIpc) is 2.55. The van der Waals surface area contributed by atoms with Crippen molar-refractivity contribution in [2.24, 2.45) is 5.10 Å². The maximum absolute atomic E-state index is 12.0. The van der Waals surface area contributed by atoms with Crippen LogP contribution in [0.2, 0.25) is 0 Å². The van der Waals surface area contributed by atoms with Gasteiger partial charge in [-0.2, -0.15) is 13.5 Å². The Kier molecular flexibility index (Phi) is 5.59. The van der Waals surface area contributed by atoms with Crippen LogP contribution in [0.5, 0.6) is 11.5 Å². The standard InChI is InChI=1S/C16H18N2O4S/c1-2-10-22-14-9-8-13(16(19)11-14)12-17-18-23(20,21)15-6-4-3-5-7-15/h3-9,11-12,18-19H,2,10H2,1H3. The van der Waals surface area contributed by atoms with Crippen molar-refractivity contribution < 1.29 is 18.3 Å². The molecule has 2 aromatic rings. The highest BCUT2D eigenvalue weighted by Crippen LogP contribution is 2.22. The first kappa shape index (κ1) is 16.8. The van der Waals surface area contributed by atoms with E-state index in [9.17, 15) is 13.5 Å². The van der Waals surface area contributed by atoms with Gasteiger partial charge in [0.1, 0.15) is 11.5 Å². The van der Waals surface area contributed by atoms with Crippen LogP contribution in [0.1, 0.15) is 18.9 Å². The van der Waals surface area contributed by atoms with Gasteiger partial charge in [-0.1, -0.05) is 25.1 Å². The Balaban J connectivity index is 2.06. The van der Waals surface area contributed by atoms with Crippen LogP contribution < -0.4 is 9.57 Å². The van der Waals surface area contributed by atoms with E-state index in [1.165, 1.54) is 24.4 Å². The number of ether oxygens (including phenoxy) is 1. The van der Waals surface area contributed by atoms with E-state index in [0.717, 1.165) is 6.42 Å². The number of hydrogen-bond donors (Lipinski definition) is 2.